The number of rotatable bonds is 4. The Balaban J connectivity index is 1.76. The Hall–Kier alpha value is -3.85. The molecule has 180 valence electrons. The van der Waals surface area contributed by atoms with Crippen LogP contribution in [0.5, 0.6) is 0 Å². The summed E-state index contributed by atoms with van der Waals surface area (Å²) in [5, 5.41) is 1.67. The average Bonchev–Trinajstić information content (AvgIpc) is 3.46. The summed E-state index contributed by atoms with van der Waals surface area (Å²) in [5.74, 6) is 1.38. The first-order valence-corrected chi connectivity index (χ1v) is 12.6. The quantitative estimate of drug-likeness (QED) is 0.254. The van der Waals surface area contributed by atoms with Crippen molar-refractivity contribution in [1.29, 1.82) is 0 Å². The van der Waals surface area contributed by atoms with Crippen LogP contribution in [0.25, 0.3) is 50.0 Å². The largest absolute Gasteiger partial charge is 0.455 e. The van der Waals surface area contributed by atoms with Gasteiger partial charge in [0.1, 0.15) is 17.0 Å². The molecule has 6 aromatic rings. The molecule has 0 amide bonds. The van der Waals surface area contributed by atoms with E-state index in [4.69, 9.17) is 13.5 Å². The predicted octanol–water partition coefficient (Wildman–Crippen LogP) is 9.46. The van der Waals surface area contributed by atoms with Crippen molar-refractivity contribution in [1.82, 2.24) is 9.55 Å². The molecule has 2 heterocycles. The monoisotopic (exact) mass is 475 g/mol. The molecule has 6 rings (SSSR count). The molecule has 0 saturated carbocycles. The highest BCUT2D eigenvalue weighted by Gasteiger charge is 2.24. The Morgan fingerprint density at radius 2 is 1.47 bits per heavy atom. The van der Waals surface area contributed by atoms with Gasteiger partial charge in [-0.15, -0.1) is 0 Å². The Morgan fingerprint density at radius 3 is 2.17 bits per heavy atom. The summed E-state index contributed by atoms with van der Waals surface area (Å²) < 4.78 is 32.9. The van der Waals surface area contributed by atoms with Crippen LogP contribution in [-0.4, -0.2) is 9.55 Å². The third-order valence-electron chi connectivity index (χ3n) is 7.11. The van der Waals surface area contributed by atoms with E-state index in [0.717, 1.165) is 38.9 Å². The van der Waals surface area contributed by atoms with E-state index in [-0.39, 0.29) is 5.56 Å². The summed E-state index contributed by atoms with van der Waals surface area (Å²) >= 11 is 0. The maximum atomic E-state index is 8.07. The zero-order valence-electron chi connectivity index (χ0n) is 24.4. The number of hydrogen-bond donors (Lipinski definition) is 0. The first kappa shape index (κ1) is 19.4. The molecule has 3 heteroatoms. The number of benzene rings is 4. The maximum Gasteiger partial charge on any atom is 0.149 e. The molecule has 0 fully saturated rings. The Kier molecular flexibility index (Phi) is 4.50. The normalized spacial score (nSPS) is 13.7. The van der Waals surface area contributed by atoms with Crippen LogP contribution in [0.15, 0.2) is 77.2 Å². The third-order valence-corrected chi connectivity index (χ3v) is 7.11. The topological polar surface area (TPSA) is 31.0 Å². The lowest BCUT2D eigenvalue weighted by Crippen LogP contribution is -2.09. The van der Waals surface area contributed by atoms with E-state index in [0.29, 0.717) is 23.0 Å². The number of imidazole rings is 1. The van der Waals surface area contributed by atoms with Crippen LogP contribution in [-0.2, 0) is 0 Å². The molecular weight excluding hydrogens is 440 g/mol. The van der Waals surface area contributed by atoms with Crippen LogP contribution in [0.2, 0.25) is 0 Å². The van der Waals surface area contributed by atoms with Gasteiger partial charge in [0, 0.05) is 14.9 Å². The Bertz CT molecular complexity index is 1840. The lowest BCUT2D eigenvalue weighted by Gasteiger charge is -2.23. The van der Waals surface area contributed by atoms with Crippen molar-refractivity contribution >= 4 is 33.0 Å². The van der Waals surface area contributed by atoms with Crippen molar-refractivity contribution in [3.8, 4) is 17.1 Å². The third kappa shape index (κ3) is 3.37. The van der Waals surface area contributed by atoms with E-state index in [9.17, 15) is 0 Å². The molecule has 36 heavy (non-hydrogen) atoms. The molecule has 0 radical (unpaired) electrons. The van der Waals surface area contributed by atoms with Gasteiger partial charge in [-0.05, 0) is 60.5 Å². The van der Waals surface area contributed by atoms with E-state index in [1.807, 2.05) is 42.5 Å². The Morgan fingerprint density at radius 1 is 0.806 bits per heavy atom. The fourth-order valence-corrected chi connectivity index (χ4v) is 5.40. The molecule has 0 aliphatic rings. The molecule has 0 N–H and O–H groups in total. The zero-order valence-corrected chi connectivity index (χ0v) is 21.4. The van der Waals surface area contributed by atoms with Crippen molar-refractivity contribution in [2.45, 2.75) is 53.3 Å². The van der Waals surface area contributed by atoms with Gasteiger partial charge in [0.05, 0.1) is 22.3 Å². The van der Waals surface area contributed by atoms with Crippen molar-refractivity contribution < 1.29 is 8.53 Å². The first-order valence-electron chi connectivity index (χ1n) is 14.1. The summed E-state index contributed by atoms with van der Waals surface area (Å²) in [5.41, 5.74) is 8.96. The van der Waals surface area contributed by atoms with Crippen molar-refractivity contribution in [2.75, 3.05) is 0 Å². The molecule has 0 aliphatic heterocycles. The van der Waals surface area contributed by atoms with Gasteiger partial charge in [0.25, 0.3) is 0 Å². The number of para-hydroxylation sites is 4. The minimum Gasteiger partial charge on any atom is -0.455 e. The maximum absolute atomic E-state index is 8.07. The Labute approximate surface area is 216 Å². The molecule has 0 aliphatic carbocycles. The zero-order chi connectivity index (χ0) is 27.6. The number of hydrogen-bond acceptors (Lipinski definition) is 2. The van der Waals surface area contributed by atoms with Crippen LogP contribution >= 0.6 is 0 Å². The van der Waals surface area contributed by atoms with Crippen molar-refractivity contribution in [2.24, 2.45) is 0 Å². The van der Waals surface area contributed by atoms with E-state index >= 15 is 0 Å². The fourth-order valence-electron chi connectivity index (χ4n) is 5.40. The van der Waals surface area contributed by atoms with E-state index < -0.39 is 6.85 Å². The van der Waals surface area contributed by atoms with Gasteiger partial charge in [-0.25, -0.2) is 4.98 Å². The van der Waals surface area contributed by atoms with Gasteiger partial charge in [0.2, 0.25) is 0 Å². The molecule has 0 unspecified atom stereocenters. The average molecular weight is 476 g/mol. The standard InChI is InChI=1S/C33H32N2O/c1-19(2)26-17-21(5)18-27(20(3)4)30(26)35-29-16-8-7-15-28(29)34-33(35)25-14-10-13-24-23-12-9-11-22(6)31(23)36-32(24)25/h7-20H,1-6H3/i6D3. The summed E-state index contributed by atoms with van der Waals surface area (Å²) in [6.45, 7) is 8.82. The van der Waals surface area contributed by atoms with Crippen LogP contribution in [0.1, 0.15) is 65.9 Å². The molecule has 0 spiro atoms. The number of aromatic nitrogens is 2. The second kappa shape index (κ2) is 8.37. The second-order valence-corrected chi connectivity index (χ2v) is 10.3. The molecule has 0 bridgehead atoms. The van der Waals surface area contributed by atoms with Crippen LogP contribution in [0.3, 0.4) is 0 Å². The molecule has 4 aromatic carbocycles. The minimum atomic E-state index is -2.28. The number of nitrogens with zero attached hydrogens (tertiary/aromatic N) is 2. The summed E-state index contributed by atoms with van der Waals surface area (Å²) in [6.07, 6.45) is 0. The first-order chi connectivity index (χ1) is 18.6. The molecule has 0 saturated heterocycles. The van der Waals surface area contributed by atoms with Gasteiger partial charge < -0.3 is 4.42 Å². The highest BCUT2D eigenvalue weighted by molar-refractivity contribution is 6.10. The molecular formula is C33H32N2O. The van der Waals surface area contributed by atoms with Gasteiger partial charge in [-0.3, -0.25) is 4.57 Å². The number of furan rings is 1. The van der Waals surface area contributed by atoms with Gasteiger partial charge in [-0.1, -0.05) is 87.9 Å². The molecule has 3 nitrogen and oxygen atoms in total. The smallest absolute Gasteiger partial charge is 0.149 e. The van der Waals surface area contributed by atoms with Gasteiger partial charge in [-0.2, -0.15) is 0 Å². The molecule has 2 aromatic heterocycles. The predicted molar refractivity (Wildman–Crippen MR) is 151 cm³/mol. The van der Waals surface area contributed by atoms with E-state index in [1.165, 1.54) is 16.7 Å². The summed E-state index contributed by atoms with van der Waals surface area (Å²) in [7, 11) is 0. The number of fused-ring (bicyclic) bond motifs is 4. The van der Waals surface area contributed by atoms with Gasteiger partial charge in [0.15, 0.2) is 0 Å². The number of aryl methyl sites for hydroxylation is 2. The van der Waals surface area contributed by atoms with Crippen molar-refractivity contribution in [3.63, 3.8) is 0 Å². The fraction of sp³-hybridized carbons (Fsp3) is 0.242. The highest BCUT2D eigenvalue weighted by atomic mass is 16.3. The van der Waals surface area contributed by atoms with Crippen LogP contribution < -0.4 is 0 Å². The van der Waals surface area contributed by atoms with Crippen molar-refractivity contribution in [3.05, 3.63) is 95.1 Å². The summed E-state index contributed by atoms with van der Waals surface area (Å²) in [4.78, 5) is 5.17. The van der Waals surface area contributed by atoms with Crippen LogP contribution in [0.4, 0.5) is 0 Å². The minimum absolute atomic E-state index is 0.221. The summed E-state index contributed by atoms with van der Waals surface area (Å²) in [6, 6.07) is 24.1. The highest BCUT2D eigenvalue weighted by Crippen LogP contribution is 2.41. The lowest BCUT2D eigenvalue weighted by molar-refractivity contribution is 0.666. The SMILES string of the molecule is [2H]C([2H])([2H])c1cccc2c1oc1c(-c3nc4ccccc4n3-c3c(C(C)C)cc(C)cc3C(C)C)cccc12. The van der Waals surface area contributed by atoms with E-state index in [1.54, 1.807) is 12.1 Å². The lowest BCUT2D eigenvalue weighted by atomic mass is 9.90. The van der Waals surface area contributed by atoms with Crippen LogP contribution in [0, 0.1) is 13.8 Å². The molecule has 0 atom stereocenters. The second-order valence-electron chi connectivity index (χ2n) is 10.3. The van der Waals surface area contributed by atoms with Gasteiger partial charge >= 0.3 is 0 Å². The van der Waals surface area contributed by atoms with E-state index in [2.05, 4.69) is 57.4 Å².